The van der Waals surface area contributed by atoms with E-state index in [1.807, 2.05) is 11.4 Å². The first kappa shape index (κ1) is 7.36. The number of aliphatic carboxylic acids is 1. The summed E-state index contributed by atoms with van der Waals surface area (Å²) in [5, 5.41) is 13.7. The van der Waals surface area contributed by atoms with Crippen molar-refractivity contribution in [2.24, 2.45) is 0 Å². The van der Waals surface area contributed by atoms with E-state index in [0.29, 0.717) is 12.1 Å². The van der Waals surface area contributed by atoms with Crippen molar-refractivity contribution < 1.29 is 9.90 Å². The minimum atomic E-state index is -0.846. The van der Waals surface area contributed by atoms with Gasteiger partial charge in [-0.1, -0.05) is 0 Å². The average molecular weight is 181 g/mol. The Morgan fingerprint density at radius 1 is 1.67 bits per heavy atom. The molecule has 1 aliphatic rings. The van der Waals surface area contributed by atoms with Crippen molar-refractivity contribution in [2.75, 3.05) is 11.9 Å². The van der Waals surface area contributed by atoms with Crippen LogP contribution < -0.4 is 5.32 Å². The Morgan fingerprint density at radius 3 is 3.25 bits per heavy atom. The van der Waals surface area contributed by atoms with Crippen molar-refractivity contribution in [3.8, 4) is 0 Å². The third-order valence-corrected chi connectivity index (χ3v) is 2.61. The Hall–Kier alpha value is -1.29. The third kappa shape index (κ3) is 1.10. The van der Waals surface area contributed by atoms with Gasteiger partial charge in [0.05, 0.1) is 16.1 Å². The maximum atomic E-state index is 10.6. The molecule has 0 radical (unpaired) electrons. The Balaban J connectivity index is 2.41. The standard InChI is InChI=1S/C8H7NO2S/c10-8(11)5-3-7-6(9-4-5)1-2-12-7/h1-3,9H,4H2,(H,10,11). The van der Waals surface area contributed by atoms with E-state index in [9.17, 15) is 4.79 Å². The summed E-state index contributed by atoms with van der Waals surface area (Å²) < 4.78 is 0. The summed E-state index contributed by atoms with van der Waals surface area (Å²) in [4.78, 5) is 11.6. The van der Waals surface area contributed by atoms with Gasteiger partial charge in [-0.2, -0.15) is 0 Å². The van der Waals surface area contributed by atoms with Crippen LogP contribution in [-0.4, -0.2) is 17.6 Å². The number of carboxylic acids is 1. The summed E-state index contributed by atoms with van der Waals surface area (Å²) in [6, 6.07) is 1.95. The zero-order valence-corrected chi connectivity index (χ0v) is 7.02. The van der Waals surface area contributed by atoms with Gasteiger partial charge in [0, 0.05) is 6.54 Å². The molecule has 1 aromatic rings. The van der Waals surface area contributed by atoms with Crippen LogP contribution >= 0.6 is 11.3 Å². The smallest absolute Gasteiger partial charge is 0.333 e. The number of rotatable bonds is 1. The fourth-order valence-electron chi connectivity index (χ4n) is 1.12. The summed E-state index contributed by atoms with van der Waals surface area (Å²) in [5.74, 6) is -0.846. The lowest BCUT2D eigenvalue weighted by Gasteiger charge is -2.11. The number of carbonyl (C=O) groups is 1. The van der Waals surface area contributed by atoms with Crippen LogP contribution in [0.25, 0.3) is 6.08 Å². The third-order valence-electron chi connectivity index (χ3n) is 1.74. The Morgan fingerprint density at radius 2 is 2.50 bits per heavy atom. The number of hydrogen-bond acceptors (Lipinski definition) is 3. The molecular weight excluding hydrogens is 174 g/mol. The second-order valence-corrected chi connectivity index (χ2v) is 3.47. The van der Waals surface area contributed by atoms with Crippen molar-refractivity contribution in [3.63, 3.8) is 0 Å². The molecule has 1 aromatic heterocycles. The van der Waals surface area contributed by atoms with Gasteiger partial charge in [0.25, 0.3) is 0 Å². The Labute approximate surface area is 73.3 Å². The Bertz CT molecular complexity index is 354. The van der Waals surface area contributed by atoms with Crippen molar-refractivity contribution in [1.82, 2.24) is 0 Å². The first-order valence-electron chi connectivity index (χ1n) is 3.52. The van der Waals surface area contributed by atoms with Crippen molar-refractivity contribution in [1.29, 1.82) is 0 Å². The first-order chi connectivity index (χ1) is 5.77. The van der Waals surface area contributed by atoms with Gasteiger partial charge in [-0.3, -0.25) is 0 Å². The van der Waals surface area contributed by atoms with Gasteiger partial charge in [-0.05, 0) is 17.5 Å². The van der Waals surface area contributed by atoms with Crippen LogP contribution in [0.4, 0.5) is 5.69 Å². The first-order valence-corrected chi connectivity index (χ1v) is 4.40. The van der Waals surface area contributed by atoms with E-state index in [4.69, 9.17) is 5.11 Å². The van der Waals surface area contributed by atoms with Crippen LogP contribution in [-0.2, 0) is 4.79 Å². The molecule has 2 rings (SSSR count). The molecule has 0 fully saturated rings. The van der Waals surface area contributed by atoms with E-state index >= 15 is 0 Å². The van der Waals surface area contributed by atoms with E-state index in [1.54, 1.807) is 17.4 Å². The van der Waals surface area contributed by atoms with Gasteiger partial charge in [-0.15, -0.1) is 11.3 Å². The lowest BCUT2D eigenvalue weighted by atomic mass is 10.1. The molecule has 0 saturated carbocycles. The summed E-state index contributed by atoms with van der Waals surface area (Å²) in [6.45, 7) is 0.416. The van der Waals surface area contributed by atoms with Gasteiger partial charge in [0.2, 0.25) is 0 Å². The summed E-state index contributed by atoms with van der Waals surface area (Å²) in [7, 11) is 0. The molecule has 2 N–H and O–H groups in total. The Kier molecular flexibility index (Phi) is 1.62. The van der Waals surface area contributed by atoms with Crippen molar-refractivity contribution >= 4 is 29.1 Å². The minimum Gasteiger partial charge on any atom is -0.478 e. The van der Waals surface area contributed by atoms with Crippen molar-refractivity contribution in [2.45, 2.75) is 0 Å². The van der Waals surface area contributed by atoms with Gasteiger partial charge in [0.1, 0.15) is 0 Å². The summed E-state index contributed by atoms with van der Waals surface area (Å²) >= 11 is 1.54. The molecule has 12 heavy (non-hydrogen) atoms. The second kappa shape index (κ2) is 2.64. The van der Waals surface area contributed by atoms with Crippen LogP contribution in [0.3, 0.4) is 0 Å². The number of nitrogens with one attached hydrogen (secondary N) is 1. The molecule has 3 nitrogen and oxygen atoms in total. The molecular formula is C8H7NO2S. The lowest BCUT2D eigenvalue weighted by Crippen LogP contribution is -2.15. The van der Waals surface area contributed by atoms with E-state index in [1.165, 1.54) is 0 Å². The lowest BCUT2D eigenvalue weighted by molar-refractivity contribution is -0.132. The average Bonchev–Trinajstić information content (AvgIpc) is 2.49. The number of carboxylic acid groups (broad SMARTS) is 1. The van der Waals surface area contributed by atoms with Crippen LogP contribution in [0.5, 0.6) is 0 Å². The topological polar surface area (TPSA) is 49.3 Å². The highest BCUT2D eigenvalue weighted by Gasteiger charge is 2.14. The SMILES string of the molecule is O=C(O)C1=Cc2sccc2NC1. The molecule has 0 amide bonds. The molecule has 62 valence electrons. The van der Waals surface area contributed by atoms with Gasteiger partial charge < -0.3 is 10.4 Å². The molecule has 4 heteroatoms. The molecule has 0 saturated heterocycles. The molecule has 1 aliphatic heterocycles. The van der Waals surface area contributed by atoms with Crippen LogP contribution in [0, 0.1) is 0 Å². The van der Waals surface area contributed by atoms with Crippen LogP contribution in [0.1, 0.15) is 4.88 Å². The monoisotopic (exact) mass is 181 g/mol. The maximum Gasteiger partial charge on any atom is 0.333 e. The molecule has 0 aromatic carbocycles. The van der Waals surface area contributed by atoms with E-state index in [-0.39, 0.29) is 0 Å². The number of thiophene rings is 1. The number of anilines is 1. The summed E-state index contributed by atoms with van der Waals surface area (Å²) in [5.41, 5.74) is 1.45. The van der Waals surface area contributed by atoms with E-state index in [0.717, 1.165) is 10.6 Å². The molecule has 0 bridgehead atoms. The van der Waals surface area contributed by atoms with Gasteiger partial charge >= 0.3 is 5.97 Å². The van der Waals surface area contributed by atoms with Crippen LogP contribution in [0.15, 0.2) is 17.0 Å². The highest BCUT2D eigenvalue weighted by molar-refractivity contribution is 7.11. The highest BCUT2D eigenvalue weighted by atomic mass is 32.1. The zero-order chi connectivity index (χ0) is 8.55. The predicted molar refractivity (Wildman–Crippen MR) is 48.4 cm³/mol. The van der Waals surface area contributed by atoms with E-state index < -0.39 is 5.97 Å². The maximum absolute atomic E-state index is 10.6. The second-order valence-electron chi connectivity index (χ2n) is 2.53. The van der Waals surface area contributed by atoms with Gasteiger partial charge in [0.15, 0.2) is 0 Å². The molecule has 0 unspecified atom stereocenters. The normalized spacial score (nSPS) is 14.5. The predicted octanol–water partition coefficient (Wildman–Crippen LogP) is 1.64. The minimum absolute atomic E-state index is 0.416. The molecule has 0 aliphatic carbocycles. The fraction of sp³-hybridized carbons (Fsp3) is 0.125. The molecule has 2 heterocycles. The zero-order valence-electron chi connectivity index (χ0n) is 6.20. The molecule has 0 atom stereocenters. The number of fused-ring (bicyclic) bond motifs is 1. The largest absolute Gasteiger partial charge is 0.478 e. The van der Waals surface area contributed by atoms with Gasteiger partial charge in [-0.25, -0.2) is 4.79 Å². The molecule has 0 spiro atoms. The number of hydrogen-bond donors (Lipinski definition) is 2. The van der Waals surface area contributed by atoms with E-state index in [2.05, 4.69) is 5.32 Å². The quantitative estimate of drug-likeness (QED) is 0.692. The fourth-order valence-corrected chi connectivity index (χ4v) is 1.94. The summed E-state index contributed by atoms with van der Waals surface area (Å²) in [6.07, 6.45) is 1.72. The van der Waals surface area contributed by atoms with Crippen molar-refractivity contribution in [3.05, 3.63) is 21.9 Å². The highest BCUT2D eigenvalue weighted by Crippen LogP contribution is 2.28. The van der Waals surface area contributed by atoms with Crippen LogP contribution in [0.2, 0.25) is 0 Å².